The van der Waals surface area contributed by atoms with Crippen LogP contribution in [0.2, 0.25) is 0 Å². The highest BCUT2D eigenvalue weighted by molar-refractivity contribution is 7.93. The molecule has 2 aromatic carbocycles. The van der Waals surface area contributed by atoms with Gasteiger partial charge in [0.2, 0.25) is 6.86 Å². The van der Waals surface area contributed by atoms with Crippen molar-refractivity contribution in [2.24, 2.45) is 4.36 Å². The quantitative estimate of drug-likeness (QED) is 0.410. The minimum atomic E-state index is -4.86. The number of anilines is 1. The van der Waals surface area contributed by atoms with Gasteiger partial charge < -0.3 is 14.8 Å². The minimum Gasteiger partial charge on any atom is -0.463 e. The molecule has 188 valence electrons. The van der Waals surface area contributed by atoms with Crippen LogP contribution in [0.3, 0.4) is 0 Å². The van der Waals surface area contributed by atoms with Crippen molar-refractivity contribution in [3.05, 3.63) is 65.9 Å². The number of nitrogens with zero attached hydrogens (tertiary/aromatic N) is 3. The summed E-state index contributed by atoms with van der Waals surface area (Å²) in [4.78, 5) is 13.2. The van der Waals surface area contributed by atoms with Gasteiger partial charge in [0.1, 0.15) is 17.1 Å². The van der Waals surface area contributed by atoms with Gasteiger partial charge >= 0.3 is 6.18 Å². The summed E-state index contributed by atoms with van der Waals surface area (Å²) in [5.74, 6) is -1.19. The number of aromatic nitrogens is 2. The van der Waals surface area contributed by atoms with Gasteiger partial charge in [-0.05, 0) is 48.5 Å². The first-order chi connectivity index (χ1) is 16.0. The molecule has 0 spiro atoms. The zero-order valence-corrected chi connectivity index (χ0v) is 19.8. The fourth-order valence-corrected chi connectivity index (χ4v) is 3.54. The first-order valence-electron chi connectivity index (χ1n) is 9.47. The Hall–Kier alpha value is -3.45. The van der Waals surface area contributed by atoms with Crippen molar-refractivity contribution in [2.45, 2.75) is 11.1 Å². The maximum atomic E-state index is 13.2. The van der Waals surface area contributed by atoms with Crippen LogP contribution in [0.25, 0.3) is 0 Å². The molecule has 1 atom stereocenters. The van der Waals surface area contributed by atoms with E-state index < -0.39 is 45.8 Å². The largest absolute Gasteiger partial charge is 0.463 e. The Kier molecular flexibility index (Phi) is 8.99. The first-order valence-corrected chi connectivity index (χ1v) is 11.4. The molecular weight excluding hydrogens is 516 g/mol. The molecule has 1 heterocycles. The van der Waals surface area contributed by atoms with Gasteiger partial charge in [0.05, 0.1) is 9.73 Å². The second kappa shape index (κ2) is 11.3. The van der Waals surface area contributed by atoms with Crippen molar-refractivity contribution in [3.63, 3.8) is 0 Å². The van der Waals surface area contributed by atoms with Gasteiger partial charge in [0, 0.05) is 23.9 Å². The molecule has 0 aliphatic heterocycles. The van der Waals surface area contributed by atoms with Gasteiger partial charge in [-0.2, -0.15) is 13.2 Å². The third-order valence-corrected chi connectivity index (χ3v) is 6.26. The highest BCUT2D eigenvalue weighted by atomic mass is 35.5. The highest BCUT2D eigenvalue weighted by Crippen LogP contribution is 2.32. The van der Waals surface area contributed by atoms with Crippen LogP contribution in [0.5, 0.6) is 17.4 Å². The van der Waals surface area contributed by atoms with Crippen molar-refractivity contribution >= 4 is 33.7 Å². The lowest BCUT2D eigenvalue weighted by atomic mass is 10.2. The van der Waals surface area contributed by atoms with E-state index in [0.29, 0.717) is 11.0 Å². The molecule has 3 aromatic rings. The molecule has 0 bridgehead atoms. The first kappa shape index (κ1) is 27.8. The molecule has 0 aliphatic rings. The van der Waals surface area contributed by atoms with Crippen molar-refractivity contribution in [2.75, 3.05) is 25.5 Å². The molecule has 1 amide bonds. The maximum Gasteiger partial charge on any atom is 0.435 e. The normalized spacial score (nSPS) is 12.6. The fourth-order valence-electron chi connectivity index (χ4n) is 2.65. The summed E-state index contributed by atoms with van der Waals surface area (Å²) in [6, 6.07) is 11.9. The lowest BCUT2D eigenvalue weighted by Gasteiger charge is -2.13. The van der Waals surface area contributed by atoms with Crippen LogP contribution in [-0.4, -0.2) is 40.5 Å². The number of halogens is 5. The summed E-state index contributed by atoms with van der Waals surface area (Å²) in [5.41, 5.74) is -1.77. The standard InChI is InChI=1S/C21H18F4N4O4S.ClH/c1-26-34(2,31)16-5-3-4-13(10-16)27-19(30)17-11-18(21(23,24)25)28-29-20(17)33-15-8-6-14(7-9-15)32-12-22;/h3-11H,12H2,1-2H3,(H,27,30);1H. The topological polar surface area (TPSA) is 103 Å². The molecule has 1 unspecified atom stereocenters. The van der Waals surface area contributed by atoms with E-state index in [-0.39, 0.29) is 29.6 Å². The van der Waals surface area contributed by atoms with Crippen LogP contribution in [0.4, 0.5) is 23.2 Å². The predicted molar refractivity (Wildman–Crippen MR) is 122 cm³/mol. The summed E-state index contributed by atoms with van der Waals surface area (Å²) < 4.78 is 78.2. The molecule has 35 heavy (non-hydrogen) atoms. The van der Waals surface area contributed by atoms with Crippen molar-refractivity contribution in [3.8, 4) is 17.4 Å². The molecule has 0 saturated carbocycles. The number of nitrogens with one attached hydrogen (secondary N) is 1. The van der Waals surface area contributed by atoms with Crippen LogP contribution in [0.15, 0.2) is 63.9 Å². The van der Waals surface area contributed by atoms with Crippen LogP contribution < -0.4 is 14.8 Å². The number of rotatable bonds is 7. The van der Waals surface area contributed by atoms with Crippen molar-refractivity contribution in [1.82, 2.24) is 10.2 Å². The Balaban J connectivity index is 0.00000432. The number of carbonyl (C=O) groups is 1. The van der Waals surface area contributed by atoms with E-state index in [1.54, 1.807) is 6.07 Å². The maximum absolute atomic E-state index is 13.2. The molecule has 1 N–H and O–H groups in total. The van der Waals surface area contributed by atoms with E-state index in [0.717, 1.165) is 0 Å². The third kappa shape index (κ3) is 7.02. The summed E-state index contributed by atoms with van der Waals surface area (Å²) in [6.45, 7) is -1.05. The third-order valence-electron chi connectivity index (χ3n) is 4.43. The van der Waals surface area contributed by atoms with E-state index in [4.69, 9.17) is 4.74 Å². The molecule has 8 nitrogen and oxygen atoms in total. The molecule has 3 rings (SSSR count). The Bertz CT molecular complexity index is 1310. The number of hydrogen-bond acceptors (Lipinski definition) is 7. The van der Waals surface area contributed by atoms with E-state index >= 15 is 0 Å². The summed E-state index contributed by atoms with van der Waals surface area (Å²) in [6.07, 6.45) is -3.45. The predicted octanol–water partition coefficient (Wildman–Crippen LogP) is 5.35. The smallest absolute Gasteiger partial charge is 0.435 e. The molecule has 0 aliphatic carbocycles. The van der Waals surface area contributed by atoms with E-state index in [2.05, 4.69) is 24.6 Å². The molecule has 0 fully saturated rings. The van der Waals surface area contributed by atoms with Crippen molar-refractivity contribution in [1.29, 1.82) is 0 Å². The molecule has 1 aromatic heterocycles. The van der Waals surface area contributed by atoms with E-state index in [1.807, 2.05) is 0 Å². The van der Waals surface area contributed by atoms with Gasteiger partial charge in [-0.1, -0.05) is 6.07 Å². The van der Waals surface area contributed by atoms with Gasteiger partial charge in [0.15, 0.2) is 5.69 Å². The van der Waals surface area contributed by atoms with Crippen LogP contribution in [-0.2, 0) is 15.9 Å². The summed E-state index contributed by atoms with van der Waals surface area (Å²) >= 11 is 0. The lowest BCUT2D eigenvalue weighted by molar-refractivity contribution is -0.141. The number of ether oxygens (including phenoxy) is 2. The van der Waals surface area contributed by atoms with Gasteiger partial charge in [0.25, 0.3) is 11.8 Å². The zero-order chi connectivity index (χ0) is 24.9. The number of benzene rings is 2. The Labute approximate surface area is 204 Å². The monoisotopic (exact) mass is 534 g/mol. The molecule has 14 heteroatoms. The number of hydrogen-bond donors (Lipinski definition) is 1. The second-order valence-corrected chi connectivity index (χ2v) is 9.18. The van der Waals surface area contributed by atoms with Crippen molar-refractivity contribution < 1.29 is 36.0 Å². The van der Waals surface area contributed by atoms with Crippen LogP contribution in [0.1, 0.15) is 16.1 Å². The number of amides is 1. The second-order valence-electron chi connectivity index (χ2n) is 6.74. The van der Waals surface area contributed by atoms with Gasteiger partial charge in [-0.3, -0.25) is 4.79 Å². The number of carbonyl (C=O) groups excluding carboxylic acids is 1. The average Bonchev–Trinajstić information content (AvgIpc) is 2.80. The summed E-state index contributed by atoms with van der Waals surface area (Å²) in [7, 11) is -1.33. The van der Waals surface area contributed by atoms with Crippen LogP contribution in [0, 0.1) is 0 Å². The highest BCUT2D eigenvalue weighted by Gasteiger charge is 2.35. The van der Waals surface area contributed by atoms with Gasteiger partial charge in [-0.15, -0.1) is 22.6 Å². The molecule has 0 saturated heterocycles. The molecule has 0 radical (unpaired) electrons. The van der Waals surface area contributed by atoms with E-state index in [1.165, 1.54) is 55.8 Å². The Morgan fingerprint density at radius 3 is 2.34 bits per heavy atom. The summed E-state index contributed by atoms with van der Waals surface area (Å²) in [5, 5.41) is 8.97. The van der Waals surface area contributed by atoms with E-state index in [9.17, 15) is 26.6 Å². The fraction of sp³-hybridized carbons (Fsp3) is 0.190. The molecular formula is C21H19ClF4N4O4S. The SMILES string of the molecule is CN=S(C)(=O)c1cccc(NC(=O)c2cc(C(F)(F)F)nnc2Oc2ccc(OCF)cc2)c1.Cl. The minimum absolute atomic E-state index is 0. The Morgan fingerprint density at radius 1 is 1.09 bits per heavy atom. The van der Waals surface area contributed by atoms with Gasteiger partial charge in [-0.25, -0.2) is 13.0 Å². The Morgan fingerprint density at radius 2 is 1.74 bits per heavy atom. The van der Waals surface area contributed by atoms with Crippen LogP contribution >= 0.6 is 12.4 Å². The average molecular weight is 535 g/mol. The zero-order valence-electron chi connectivity index (χ0n) is 18.2. The lowest BCUT2D eigenvalue weighted by Crippen LogP contribution is -2.18. The number of alkyl halides is 4.